The van der Waals surface area contributed by atoms with Crippen molar-refractivity contribution in [1.29, 1.82) is 0 Å². The number of thiophene rings is 1. The van der Waals surface area contributed by atoms with Gasteiger partial charge in [0.25, 0.3) is 11.8 Å². The third-order valence-electron chi connectivity index (χ3n) is 6.27. The zero-order chi connectivity index (χ0) is 24.8. The highest BCUT2D eigenvalue weighted by Crippen LogP contribution is 2.30. The number of hydrogen-bond donors (Lipinski definition) is 2. The van der Waals surface area contributed by atoms with Crippen LogP contribution in [0.3, 0.4) is 0 Å². The van der Waals surface area contributed by atoms with Crippen molar-refractivity contribution in [2.45, 2.75) is 57.5 Å². The summed E-state index contributed by atoms with van der Waals surface area (Å²) >= 11 is 1.30. The van der Waals surface area contributed by atoms with Crippen molar-refractivity contribution in [2.75, 3.05) is 11.4 Å². The minimum atomic E-state index is -0.998. The summed E-state index contributed by atoms with van der Waals surface area (Å²) in [6.07, 6.45) is 5.48. The molecule has 35 heavy (non-hydrogen) atoms. The fourth-order valence-electron chi connectivity index (χ4n) is 4.36. The number of anilines is 1. The van der Waals surface area contributed by atoms with E-state index in [-0.39, 0.29) is 24.4 Å². The number of amides is 3. The molecule has 1 aromatic carbocycles. The Morgan fingerprint density at radius 2 is 1.80 bits per heavy atom. The van der Waals surface area contributed by atoms with Gasteiger partial charge in [0.05, 0.1) is 17.7 Å². The summed E-state index contributed by atoms with van der Waals surface area (Å²) in [5.41, 5.74) is 1.69. The zero-order valence-electron chi connectivity index (χ0n) is 20.0. The molecule has 0 unspecified atom stereocenters. The van der Waals surface area contributed by atoms with Crippen molar-refractivity contribution < 1.29 is 18.8 Å². The van der Waals surface area contributed by atoms with Gasteiger partial charge >= 0.3 is 0 Å². The normalized spacial score (nSPS) is 14.6. The van der Waals surface area contributed by atoms with E-state index >= 15 is 0 Å². The van der Waals surface area contributed by atoms with Crippen LogP contribution < -0.4 is 15.5 Å². The van der Waals surface area contributed by atoms with E-state index in [0.29, 0.717) is 22.2 Å². The minimum Gasteiger partial charge on any atom is -0.467 e. The first kappa shape index (κ1) is 24.7. The predicted molar refractivity (Wildman–Crippen MR) is 137 cm³/mol. The van der Waals surface area contributed by atoms with Crippen LogP contribution in [0.1, 0.15) is 72.5 Å². The average Bonchev–Trinajstić information content (AvgIpc) is 3.64. The second-order valence-electron chi connectivity index (χ2n) is 9.08. The molecule has 1 fully saturated rings. The van der Waals surface area contributed by atoms with Crippen molar-refractivity contribution in [2.24, 2.45) is 0 Å². The Balaban J connectivity index is 1.65. The van der Waals surface area contributed by atoms with E-state index in [1.807, 2.05) is 24.3 Å². The van der Waals surface area contributed by atoms with Crippen LogP contribution in [0.15, 0.2) is 64.6 Å². The maximum absolute atomic E-state index is 13.6. The monoisotopic (exact) mass is 493 g/mol. The maximum atomic E-state index is 13.6. The molecule has 4 rings (SSSR count). The molecule has 0 radical (unpaired) electrons. The molecule has 2 heterocycles. The average molecular weight is 494 g/mol. The molecular formula is C27H31N3O4S. The summed E-state index contributed by atoms with van der Waals surface area (Å²) in [5, 5.41) is 7.61. The molecule has 184 valence electrons. The zero-order valence-corrected chi connectivity index (χ0v) is 20.8. The van der Waals surface area contributed by atoms with Gasteiger partial charge in [-0.3, -0.25) is 19.3 Å². The van der Waals surface area contributed by atoms with E-state index in [1.165, 1.54) is 22.5 Å². The molecule has 1 saturated carbocycles. The van der Waals surface area contributed by atoms with E-state index < -0.39 is 11.9 Å². The fraction of sp³-hybridized carbons (Fsp3) is 0.370. The first-order valence-corrected chi connectivity index (χ1v) is 12.9. The number of nitrogens with one attached hydrogen (secondary N) is 2. The summed E-state index contributed by atoms with van der Waals surface area (Å²) in [6, 6.07) is 13.6. The van der Waals surface area contributed by atoms with Crippen LogP contribution in [0.5, 0.6) is 0 Å². The molecule has 2 N–H and O–H groups in total. The smallest absolute Gasteiger partial charge is 0.261 e. The van der Waals surface area contributed by atoms with Gasteiger partial charge in [-0.05, 0) is 60.0 Å². The van der Waals surface area contributed by atoms with E-state index in [0.717, 1.165) is 31.2 Å². The molecule has 3 aromatic rings. The summed E-state index contributed by atoms with van der Waals surface area (Å²) in [7, 11) is 0. The molecule has 1 atom stereocenters. The van der Waals surface area contributed by atoms with E-state index in [4.69, 9.17) is 4.42 Å². The third kappa shape index (κ3) is 6.00. The Bertz CT molecular complexity index is 1120. The molecule has 7 nitrogen and oxygen atoms in total. The van der Waals surface area contributed by atoms with E-state index in [1.54, 1.807) is 29.6 Å². The van der Waals surface area contributed by atoms with Gasteiger partial charge in [0, 0.05) is 11.7 Å². The predicted octanol–water partition coefficient (Wildman–Crippen LogP) is 5.03. The highest BCUT2D eigenvalue weighted by molar-refractivity contribution is 7.12. The molecular weight excluding hydrogens is 462 g/mol. The molecule has 0 aliphatic heterocycles. The van der Waals surface area contributed by atoms with Crippen LogP contribution in [0.2, 0.25) is 0 Å². The summed E-state index contributed by atoms with van der Waals surface area (Å²) in [6.45, 7) is 3.94. The van der Waals surface area contributed by atoms with Gasteiger partial charge in [-0.25, -0.2) is 0 Å². The standard InChI is InChI=1S/C27H31N3O4S/c1-18(2)19-11-13-21(14-12-19)30(24(31)17-28-26(32)23-10-6-16-35-23)25(22-9-5-15-34-22)27(33)29-20-7-3-4-8-20/h5-6,9-16,18,20,25H,3-4,7-8,17H2,1-2H3,(H,28,32)(H,29,33)/t25-/m0/s1. The minimum absolute atomic E-state index is 0.0822. The van der Waals surface area contributed by atoms with Crippen LogP contribution >= 0.6 is 11.3 Å². The van der Waals surface area contributed by atoms with Crippen molar-refractivity contribution >= 4 is 34.7 Å². The maximum Gasteiger partial charge on any atom is 0.261 e. The molecule has 8 heteroatoms. The second kappa shape index (κ2) is 11.4. The van der Waals surface area contributed by atoms with Crippen LogP contribution in [0.4, 0.5) is 5.69 Å². The molecule has 0 saturated heterocycles. The topological polar surface area (TPSA) is 91.7 Å². The van der Waals surface area contributed by atoms with Gasteiger partial charge in [-0.15, -0.1) is 11.3 Å². The molecule has 3 amide bonds. The van der Waals surface area contributed by atoms with Gasteiger partial charge in [-0.2, -0.15) is 0 Å². The highest BCUT2D eigenvalue weighted by atomic mass is 32.1. The Morgan fingerprint density at radius 1 is 1.06 bits per heavy atom. The molecule has 0 bridgehead atoms. The molecule has 1 aliphatic rings. The lowest BCUT2D eigenvalue weighted by molar-refractivity contribution is -0.127. The largest absolute Gasteiger partial charge is 0.467 e. The van der Waals surface area contributed by atoms with Crippen LogP contribution in [0, 0.1) is 0 Å². The first-order chi connectivity index (χ1) is 16.9. The lowest BCUT2D eigenvalue weighted by Gasteiger charge is -2.31. The Labute approximate surface area is 209 Å². The summed E-state index contributed by atoms with van der Waals surface area (Å²) < 4.78 is 5.64. The number of carbonyl (C=O) groups excluding carboxylic acids is 3. The Hall–Kier alpha value is -3.39. The fourth-order valence-corrected chi connectivity index (χ4v) is 5.00. The summed E-state index contributed by atoms with van der Waals surface area (Å²) in [4.78, 5) is 41.6. The second-order valence-corrected chi connectivity index (χ2v) is 10.0. The van der Waals surface area contributed by atoms with E-state index in [9.17, 15) is 14.4 Å². The van der Waals surface area contributed by atoms with Crippen molar-refractivity contribution in [3.05, 3.63) is 76.4 Å². The quantitative estimate of drug-likeness (QED) is 0.437. The van der Waals surface area contributed by atoms with Gasteiger partial charge in [0.1, 0.15) is 5.76 Å². The Kier molecular flexibility index (Phi) is 8.02. The Morgan fingerprint density at radius 3 is 2.40 bits per heavy atom. The number of rotatable bonds is 9. The highest BCUT2D eigenvalue weighted by Gasteiger charge is 2.36. The van der Waals surface area contributed by atoms with Gasteiger partial charge < -0.3 is 15.1 Å². The van der Waals surface area contributed by atoms with Crippen molar-refractivity contribution in [3.8, 4) is 0 Å². The van der Waals surface area contributed by atoms with Crippen LogP contribution in [-0.4, -0.2) is 30.3 Å². The molecule has 2 aromatic heterocycles. The number of carbonyl (C=O) groups is 3. The SMILES string of the molecule is CC(C)c1ccc(N(C(=O)CNC(=O)c2cccs2)[C@H](C(=O)NC2CCCC2)c2ccco2)cc1. The first-order valence-electron chi connectivity index (χ1n) is 12.0. The molecule has 0 spiro atoms. The number of benzene rings is 1. The van der Waals surface area contributed by atoms with Crippen molar-refractivity contribution in [3.63, 3.8) is 0 Å². The summed E-state index contributed by atoms with van der Waals surface area (Å²) in [5.74, 6) is -0.336. The van der Waals surface area contributed by atoms with Gasteiger partial charge in [0.2, 0.25) is 5.91 Å². The third-order valence-corrected chi connectivity index (χ3v) is 7.14. The van der Waals surface area contributed by atoms with Crippen LogP contribution in [0.25, 0.3) is 0 Å². The lowest BCUT2D eigenvalue weighted by atomic mass is 10.0. The molecule has 1 aliphatic carbocycles. The van der Waals surface area contributed by atoms with Gasteiger partial charge in [-0.1, -0.05) is 44.9 Å². The number of furan rings is 1. The van der Waals surface area contributed by atoms with Gasteiger partial charge in [0.15, 0.2) is 6.04 Å². The number of hydrogen-bond acceptors (Lipinski definition) is 5. The number of nitrogens with zero attached hydrogens (tertiary/aromatic N) is 1. The van der Waals surface area contributed by atoms with Crippen molar-refractivity contribution in [1.82, 2.24) is 10.6 Å². The van der Waals surface area contributed by atoms with Crippen LogP contribution in [-0.2, 0) is 9.59 Å². The van der Waals surface area contributed by atoms with E-state index in [2.05, 4.69) is 24.5 Å². The lowest BCUT2D eigenvalue weighted by Crippen LogP contribution is -2.49.